The van der Waals surface area contributed by atoms with Gasteiger partial charge in [0.1, 0.15) is 0 Å². The van der Waals surface area contributed by atoms with E-state index in [0.717, 1.165) is 13.1 Å². The van der Waals surface area contributed by atoms with Crippen molar-refractivity contribution in [3.63, 3.8) is 0 Å². The van der Waals surface area contributed by atoms with Crippen LogP contribution in [0.4, 0.5) is 0 Å². The minimum atomic E-state index is -0.511. The fourth-order valence-electron chi connectivity index (χ4n) is 3.02. The molecule has 1 saturated heterocycles. The fraction of sp³-hybridized carbons (Fsp3) is 0.667. The quantitative estimate of drug-likeness (QED) is 0.928. The summed E-state index contributed by atoms with van der Waals surface area (Å²) in [5, 5.41) is 0. The van der Waals surface area contributed by atoms with Gasteiger partial charge in [0.25, 0.3) is 0 Å². The van der Waals surface area contributed by atoms with Crippen molar-refractivity contribution in [2.75, 3.05) is 20.1 Å². The number of carbonyl (C=O) groups excluding carboxylic acids is 1. The summed E-state index contributed by atoms with van der Waals surface area (Å²) in [4.78, 5) is 19.1. The zero-order valence-electron chi connectivity index (χ0n) is 13.0. The van der Waals surface area contributed by atoms with Crippen molar-refractivity contribution in [1.29, 1.82) is 0 Å². The molecular formula is C15H25N3OS. The Balaban J connectivity index is 2.37. The van der Waals surface area contributed by atoms with Crippen LogP contribution in [0.3, 0.4) is 0 Å². The molecule has 1 aromatic heterocycles. The highest BCUT2D eigenvalue weighted by Gasteiger charge is 2.45. The Morgan fingerprint density at radius 1 is 1.35 bits per heavy atom. The lowest BCUT2D eigenvalue weighted by molar-refractivity contribution is -0.150. The van der Waals surface area contributed by atoms with Gasteiger partial charge in [0, 0.05) is 35.9 Å². The second-order valence-electron chi connectivity index (χ2n) is 6.23. The minimum absolute atomic E-state index is 0.0106. The molecule has 1 amide bonds. The lowest BCUT2D eigenvalue weighted by atomic mass is 9.92. The molecule has 2 rings (SSSR count). The van der Waals surface area contributed by atoms with E-state index in [4.69, 9.17) is 5.73 Å². The first-order valence-electron chi connectivity index (χ1n) is 7.09. The summed E-state index contributed by atoms with van der Waals surface area (Å²) in [6.45, 7) is 9.75. The second kappa shape index (κ2) is 5.47. The molecule has 1 aliphatic rings. The summed E-state index contributed by atoms with van der Waals surface area (Å²) >= 11 is 1.77. The molecule has 0 saturated carbocycles. The highest BCUT2D eigenvalue weighted by Crippen LogP contribution is 2.36. The number of hydrogen-bond donors (Lipinski definition) is 1. The van der Waals surface area contributed by atoms with E-state index in [9.17, 15) is 4.79 Å². The largest absolute Gasteiger partial charge is 0.343 e. The lowest BCUT2D eigenvalue weighted by Gasteiger charge is -2.49. The smallest absolute Gasteiger partial charge is 0.242 e. The summed E-state index contributed by atoms with van der Waals surface area (Å²) in [5.41, 5.74) is 5.74. The van der Waals surface area contributed by atoms with Gasteiger partial charge in [-0.25, -0.2) is 0 Å². The molecule has 0 bridgehead atoms. The van der Waals surface area contributed by atoms with Gasteiger partial charge >= 0.3 is 0 Å². The number of piperazine rings is 1. The van der Waals surface area contributed by atoms with Crippen LogP contribution >= 0.6 is 11.3 Å². The van der Waals surface area contributed by atoms with Crippen LogP contribution in [0, 0.1) is 6.92 Å². The maximum atomic E-state index is 12.5. The van der Waals surface area contributed by atoms with Crippen molar-refractivity contribution in [3.05, 3.63) is 21.9 Å². The number of nitrogens with two attached hydrogens (primary N) is 1. The summed E-state index contributed by atoms with van der Waals surface area (Å²) < 4.78 is 0. The van der Waals surface area contributed by atoms with Gasteiger partial charge in [0.2, 0.25) is 5.91 Å². The zero-order valence-corrected chi connectivity index (χ0v) is 13.8. The standard InChI is InChI=1S/C15H25N3OS/c1-10-6-7-12(20-10)13(11(2)16)18-9-8-17(5)14(19)15(18,3)4/h6-7,11,13H,8-9,16H2,1-5H3. The molecule has 0 radical (unpaired) electrons. The Morgan fingerprint density at radius 2 is 2.00 bits per heavy atom. The molecule has 2 unspecified atom stereocenters. The van der Waals surface area contributed by atoms with Gasteiger partial charge in [-0.1, -0.05) is 0 Å². The van der Waals surface area contributed by atoms with Gasteiger partial charge in [0.15, 0.2) is 0 Å². The SMILES string of the molecule is Cc1ccc(C(C(C)N)N2CCN(C)C(=O)C2(C)C)s1. The molecular weight excluding hydrogens is 270 g/mol. The summed E-state index contributed by atoms with van der Waals surface area (Å²) in [7, 11) is 1.87. The third-order valence-electron chi connectivity index (χ3n) is 4.15. The first-order valence-corrected chi connectivity index (χ1v) is 7.91. The van der Waals surface area contributed by atoms with Crippen molar-refractivity contribution >= 4 is 17.2 Å². The maximum absolute atomic E-state index is 12.5. The van der Waals surface area contributed by atoms with Crippen LogP contribution in [0.15, 0.2) is 12.1 Å². The van der Waals surface area contributed by atoms with Gasteiger partial charge in [-0.15, -0.1) is 11.3 Å². The molecule has 0 aliphatic carbocycles. The average Bonchev–Trinajstić information content (AvgIpc) is 2.76. The normalized spacial score (nSPS) is 22.9. The molecule has 1 fully saturated rings. The summed E-state index contributed by atoms with van der Waals surface area (Å²) in [6.07, 6.45) is 0. The second-order valence-corrected chi connectivity index (χ2v) is 7.55. The van der Waals surface area contributed by atoms with E-state index in [1.54, 1.807) is 11.3 Å². The predicted octanol–water partition coefficient (Wildman–Crippen LogP) is 2.00. The Morgan fingerprint density at radius 3 is 2.50 bits per heavy atom. The molecule has 2 heterocycles. The highest BCUT2D eigenvalue weighted by atomic mass is 32.1. The highest BCUT2D eigenvalue weighted by molar-refractivity contribution is 7.12. The van der Waals surface area contributed by atoms with Crippen molar-refractivity contribution in [2.45, 2.75) is 45.3 Å². The molecule has 2 atom stereocenters. The number of rotatable bonds is 3. The molecule has 1 aliphatic heterocycles. The van der Waals surface area contributed by atoms with Crippen LogP contribution in [0.2, 0.25) is 0 Å². The first kappa shape index (κ1) is 15.5. The monoisotopic (exact) mass is 295 g/mol. The van der Waals surface area contributed by atoms with E-state index >= 15 is 0 Å². The number of hydrogen-bond acceptors (Lipinski definition) is 4. The van der Waals surface area contributed by atoms with Gasteiger partial charge in [-0.2, -0.15) is 0 Å². The van der Waals surface area contributed by atoms with E-state index in [0.29, 0.717) is 0 Å². The lowest BCUT2D eigenvalue weighted by Crippen LogP contribution is -2.64. The number of carbonyl (C=O) groups is 1. The van der Waals surface area contributed by atoms with Crippen LogP contribution in [0.1, 0.15) is 36.6 Å². The van der Waals surface area contributed by atoms with Crippen LogP contribution in [0.5, 0.6) is 0 Å². The number of likely N-dealkylation sites (N-methyl/N-ethyl adjacent to an activating group) is 1. The van der Waals surface area contributed by atoms with Gasteiger partial charge in [-0.3, -0.25) is 9.69 Å². The Labute approximate surface area is 125 Å². The maximum Gasteiger partial charge on any atom is 0.242 e. The molecule has 0 spiro atoms. The van der Waals surface area contributed by atoms with Crippen molar-refractivity contribution in [2.24, 2.45) is 5.73 Å². The Hall–Kier alpha value is -0.910. The van der Waals surface area contributed by atoms with Crippen LogP contribution in [-0.4, -0.2) is 47.4 Å². The Bertz CT molecular complexity index is 495. The van der Waals surface area contributed by atoms with E-state index in [-0.39, 0.29) is 18.0 Å². The molecule has 112 valence electrons. The average molecular weight is 295 g/mol. The number of thiophene rings is 1. The number of amides is 1. The third-order valence-corrected chi connectivity index (χ3v) is 5.22. The topological polar surface area (TPSA) is 49.6 Å². The molecule has 5 heteroatoms. The third kappa shape index (κ3) is 2.62. The van der Waals surface area contributed by atoms with E-state index in [1.165, 1.54) is 9.75 Å². The van der Waals surface area contributed by atoms with E-state index < -0.39 is 5.54 Å². The van der Waals surface area contributed by atoms with E-state index in [2.05, 4.69) is 24.0 Å². The molecule has 4 nitrogen and oxygen atoms in total. The molecule has 0 aromatic carbocycles. The summed E-state index contributed by atoms with van der Waals surface area (Å²) in [5.74, 6) is 0.169. The summed E-state index contributed by atoms with van der Waals surface area (Å²) in [6, 6.07) is 4.36. The molecule has 1 aromatic rings. The van der Waals surface area contributed by atoms with Gasteiger partial charge in [-0.05, 0) is 39.8 Å². The predicted molar refractivity (Wildman–Crippen MR) is 83.9 cm³/mol. The van der Waals surface area contributed by atoms with Crippen molar-refractivity contribution < 1.29 is 4.79 Å². The van der Waals surface area contributed by atoms with Crippen LogP contribution in [-0.2, 0) is 4.79 Å². The molecule has 2 N–H and O–H groups in total. The van der Waals surface area contributed by atoms with Gasteiger partial charge in [0.05, 0.1) is 11.6 Å². The number of aryl methyl sites for hydroxylation is 1. The van der Waals surface area contributed by atoms with E-state index in [1.807, 2.05) is 32.7 Å². The molecule has 20 heavy (non-hydrogen) atoms. The Kier molecular flexibility index (Phi) is 4.23. The number of nitrogens with zero attached hydrogens (tertiary/aromatic N) is 2. The van der Waals surface area contributed by atoms with Crippen molar-refractivity contribution in [3.8, 4) is 0 Å². The zero-order chi connectivity index (χ0) is 15.1. The minimum Gasteiger partial charge on any atom is -0.343 e. The van der Waals surface area contributed by atoms with Crippen LogP contribution < -0.4 is 5.73 Å². The fourth-order valence-corrected chi connectivity index (χ4v) is 4.13. The van der Waals surface area contributed by atoms with Crippen molar-refractivity contribution in [1.82, 2.24) is 9.80 Å². The van der Waals surface area contributed by atoms with Crippen LogP contribution in [0.25, 0.3) is 0 Å². The first-order chi connectivity index (χ1) is 9.25. The van der Waals surface area contributed by atoms with Gasteiger partial charge < -0.3 is 10.6 Å².